The summed E-state index contributed by atoms with van der Waals surface area (Å²) in [4.78, 5) is 5.65. The van der Waals surface area contributed by atoms with Crippen molar-refractivity contribution in [1.82, 2.24) is 4.98 Å². The van der Waals surface area contributed by atoms with Crippen molar-refractivity contribution in [3.63, 3.8) is 0 Å². The third-order valence-electron chi connectivity index (χ3n) is 3.86. The Balaban J connectivity index is 1.91. The van der Waals surface area contributed by atoms with E-state index in [9.17, 15) is 0 Å². The number of likely N-dealkylation sites (N-methyl/N-ethyl adjacent to an activating group) is 1. The maximum Gasteiger partial charge on any atom is 0.129 e. The molecule has 2 N–H and O–H groups in total. The Morgan fingerprint density at radius 2 is 2.07 bits per heavy atom. The first-order chi connectivity index (χ1) is 7.29. The van der Waals surface area contributed by atoms with Crippen LogP contribution in [0.15, 0.2) is 12.3 Å². The highest BCUT2D eigenvalue weighted by Gasteiger charge is 2.37. The number of aromatic nitrogens is 1. The molecule has 0 saturated heterocycles. The van der Waals surface area contributed by atoms with Crippen LogP contribution in [0.5, 0.6) is 0 Å². The summed E-state index contributed by atoms with van der Waals surface area (Å²) < 4.78 is 0. The van der Waals surface area contributed by atoms with E-state index >= 15 is 0 Å². The molecular formula is C12H19N3. The standard InChI is InChI=1S/C12H19N3/c1-15-9-12(6-3-2-4-7-12)14-10-5-8-13-11(10)15/h5,8,13-14H,2-4,6-7,9H2,1H3. The fraction of sp³-hybridized carbons (Fsp3) is 0.667. The van der Waals surface area contributed by atoms with Gasteiger partial charge in [-0.05, 0) is 18.9 Å². The number of nitrogens with one attached hydrogen (secondary N) is 2. The fourth-order valence-electron chi connectivity index (χ4n) is 3.15. The molecule has 1 fully saturated rings. The average Bonchev–Trinajstić information content (AvgIpc) is 2.67. The van der Waals surface area contributed by atoms with Crippen LogP contribution in [0, 0.1) is 0 Å². The van der Waals surface area contributed by atoms with Gasteiger partial charge >= 0.3 is 0 Å². The maximum absolute atomic E-state index is 3.75. The summed E-state index contributed by atoms with van der Waals surface area (Å²) in [6, 6.07) is 2.15. The Morgan fingerprint density at radius 3 is 2.87 bits per heavy atom. The van der Waals surface area contributed by atoms with Gasteiger partial charge < -0.3 is 15.2 Å². The smallest absolute Gasteiger partial charge is 0.129 e. The minimum Gasteiger partial charge on any atom is -0.375 e. The van der Waals surface area contributed by atoms with Gasteiger partial charge in [-0.15, -0.1) is 0 Å². The van der Waals surface area contributed by atoms with Crippen LogP contribution >= 0.6 is 0 Å². The molecule has 3 nitrogen and oxygen atoms in total. The average molecular weight is 205 g/mol. The molecule has 82 valence electrons. The molecule has 0 amide bonds. The van der Waals surface area contributed by atoms with Crippen molar-refractivity contribution >= 4 is 11.5 Å². The molecule has 0 atom stereocenters. The van der Waals surface area contributed by atoms with Crippen molar-refractivity contribution in [3.05, 3.63) is 12.3 Å². The van der Waals surface area contributed by atoms with Crippen molar-refractivity contribution in [3.8, 4) is 0 Å². The van der Waals surface area contributed by atoms with Crippen LogP contribution in [0.1, 0.15) is 32.1 Å². The molecule has 0 unspecified atom stereocenters. The summed E-state index contributed by atoms with van der Waals surface area (Å²) in [7, 11) is 2.19. The lowest BCUT2D eigenvalue weighted by atomic mass is 9.80. The molecule has 1 aliphatic carbocycles. The largest absolute Gasteiger partial charge is 0.375 e. The number of rotatable bonds is 0. The number of fused-ring (bicyclic) bond motifs is 1. The first kappa shape index (κ1) is 9.13. The van der Waals surface area contributed by atoms with Crippen LogP contribution in [0.4, 0.5) is 11.5 Å². The van der Waals surface area contributed by atoms with E-state index in [-0.39, 0.29) is 0 Å². The highest BCUT2D eigenvalue weighted by atomic mass is 15.3. The number of nitrogens with zero attached hydrogens (tertiary/aromatic N) is 1. The van der Waals surface area contributed by atoms with Crippen molar-refractivity contribution < 1.29 is 0 Å². The molecule has 15 heavy (non-hydrogen) atoms. The molecule has 2 heterocycles. The van der Waals surface area contributed by atoms with Crippen molar-refractivity contribution in [1.29, 1.82) is 0 Å². The summed E-state index contributed by atoms with van der Waals surface area (Å²) in [5.41, 5.74) is 1.63. The molecule has 2 aliphatic rings. The predicted octanol–water partition coefficient (Wildman–Crippen LogP) is 2.58. The van der Waals surface area contributed by atoms with Crippen LogP contribution in [0.2, 0.25) is 0 Å². The minimum absolute atomic E-state index is 0.349. The topological polar surface area (TPSA) is 31.1 Å². The quantitative estimate of drug-likeness (QED) is 0.682. The molecule has 1 aliphatic heterocycles. The molecule has 1 aromatic rings. The van der Waals surface area contributed by atoms with Crippen LogP contribution in [-0.4, -0.2) is 24.1 Å². The molecular weight excluding hydrogens is 186 g/mol. The highest BCUT2D eigenvalue weighted by molar-refractivity contribution is 5.70. The minimum atomic E-state index is 0.349. The van der Waals surface area contributed by atoms with Gasteiger partial charge in [0.25, 0.3) is 0 Å². The monoisotopic (exact) mass is 205 g/mol. The number of hydrogen-bond acceptors (Lipinski definition) is 2. The number of anilines is 2. The Bertz CT molecular complexity index is 350. The van der Waals surface area contributed by atoms with E-state index in [1.54, 1.807) is 0 Å². The molecule has 1 saturated carbocycles. The molecule has 0 aromatic carbocycles. The Labute approximate surface area is 90.9 Å². The molecule has 3 heteroatoms. The van der Waals surface area contributed by atoms with Crippen LogP contribution in [-0.2, 0) is 0 Å². The Hall–Kier alpha value is -1.12. The van der Waals surface area contributed by atoms with Crippen molar-refractivity contribution in [2.75, 3.05) is 23.8 Å². The van der Waals surface area contributed by atoms with Gasteiger partial charge in [0.15, 0.2) is 0 Å². The third kappa shape index (κ3) is 1.41. The zero-order chi connectivity index (χ0) is 10.3. The van der Waals surface area contributed by atoms with Gasteiger partial charge in [0.05, 0.1) is 11.2 Å². The second kappa shape index (κ2) is 3.19. The van der Waals surface area contributed by atoms with E-state index in [4.69, 9.17) is 0 Å². The van der Waals surface area contributed by atoms with Gasteiger partial charge in [-0.25, -0.2) is 0 Å². The molecule has 3 rings (SSSR count). The second-order valence-electron chi connectivity index (χ2n) is 5.06. The SMILES string of the molecule is CN1CC2(CCCCC2)Nc2cc[nH]c21. The molecule has 0 radical (unpaired) electrons. The van der Waals surface area contributed by atoms with Gasteiger partial charge in [-0.3, -0.25) is 0 Å². The predicted molar refractivity (Wildman–Crippen MR) is 63.5 cm³/mol. The van der Waals surface area contributed by atoms with E-state index in [1.807, 2.05) is 6.20 Å². The van der Waals surface area contributed by atoms with Crippen LogP contribution in [0.3, 0.4) is 0 Å². The number of aromatic amines is 1. The fourth-order valence-corrected chi connectivity index (χ4v) is 3.15. The zero-order valence-electron chi connectivity index (χ0n) is 9.34. The van der Waals surface area contributed by atoms with Crippen LogP contribution < -0.4 is 10.2 Å². The molecule has 0 bridgehead atoms. The lowest BCUT2D eigenvalue weighted by Gasteiger charge is -2.45. The summed E-state index contributed by atoms with van der Waals surface area (Å²) in [6.07, 6.45) is 8.83. The third-order valence-corrected chi connectivity index (χ3v) is 3.86. The van der Waals surface area contributed by atoms with Crippen molar-refractivity contribution in [2.45, 2.75) is 37.6 Å². The van der Waals surface area contributed by atoms with E-state index < -0.39 is 0 Å². The maximum atomic E-state index is 3.75. The van der Waals surface area contributed by atoms with Crippen molar-refractivity contribution in [2.24, 2.45) is 0 Å². The van der Waals surface area contributed by atoms with E-state index in [0.29, 0.717) is 5.54 Å². The summed E-state index contributed by atoms with van der Waals surface area (Å²) in [6.45, 7) is 1.14. The number of H-pyrrole nitrogens is 1. The van der Waals surface area contributed by atoms with Gasteiger partial charge in [0.2, 0.25) is 0 Å². The lowest BCUT2D eigenvalue weighted by Crippen LogP contribution is -2.52. The molecule has 1 spiro atoms. The molecule has 1 aromatic heterocycles. The lowest BCUT2D eigenvalue weighted by molar-refractivity contribution is 0.322. The van der Waals surface area contributed by atoms with Gasteiger partial charge in [-0.2, -0.15) is 0 Å². The summed E-state index contributed by atoms with van der Waals surface area (Å²) in [5.74, 6) is 1.24. The van der Waals surface area contributed by atoms with Gasteiger partial charge in [-0.1, -0.05) is 19.3 Å². The Morgan fingerprint density at radius 1 is 1.27 bits per heavy atom. The van der Waals surface area contributed by atoms with Crippen LogP contribution in [0.25, 0.3) is 0 Å². The Kier molecular flexibility index (Phi) is 1.94. The second-order valence-corrected chi connectivity index (χ2v) is 5.06. The summed E-state index contributed by atoms with van der Waals surface area (Å²) in [5, 5.41) is 3.75. The van der Waals surface area contributed by atoms with E-state index in [0.717, 1.165) is 6.54 Å². The zero-order valence-corrected chi connectivity index (χ0v) is 9.34. The van der Waals surface area contributed by atoms with Gasteiger partial charge in [0.1, 0.15) is 5.82 Å². The summed E-state index contributed by atoms with van der Waals surface area (Å²) >= 11 is 0. The van der Waals surface area contributed by atoms with E-state index in [2.05, 4.69) is 28.3 Å². The highest BCUT2D eigenvalue weighted by Crippen LogP contribution is 2.39. The number of hydrogen-bond donors (Lipinski definition) is 2. The first-order valence-electron chi connectivity index (χ1n) is 5.96. The normalized spacial score (nSPS) is 23.7. The van der Waals surface area contributed by atoms with E-state index in [1.165, 1.54) is 43.6 Å². The first-order valence-corrected chi connectivity index (χ1v) is 5.96. The van der Waals surface area contributed by atoms with Gasteiger partial charge in [0, 0.05) is 19.8 Å².